The molecule has 258 valence electrons. The van der Waals surface area contributed by atoms with E-state index in [0.717, 1.165) is 12.1 Å². The molecule has 55 heavy (non-hydrogen) atoms. The van der Waals surface area contributed by atoms with Gasteiger partial charge in [0.2, 0.25) is 0 Å². The van der Waals surface area contributed by atoms with Crippen LogP contribution in [-0.2, 0) is 6.42 Å². The molecule has 1 aliphatic heterocycles. The minimum atomic E-state index is 0.866. The summed E-state index contributed by atoms with van der Waals surface area (Å²) in [6, 6.07) is 75.4. The Labute approximate surface area is 320 Å². The molecule has 11 rings (SSSR count). The maximum absolute atomic E-state index is 2.43. The van der Waals surface area contributed by atoms with Gasteiger partial charge >= 0.3 is 0 Å². The molecule has 0 amide bonds. The topological polar surface area (TPSA) is 8.17 Å². The maximum Gasteiger partial charge on any atom is 0.0541 e. The van der Waals surface area contributed by atoms with Gasteiger partial charge in [0.25, 0.3) is 0 Å². The molecule has 2 nitrogen and oxygen atoms in total. The van der Waals surface area contributed by atoms with Crippen LogP contribution in [0.1, 0.15) is 11.1 Å². The van der Waals surface area contributed by atoms with Crippen LogP contribution in [0.15, 0.2) is 206 Å². The van der Waals surface area contributed by atoms with Crippen LogP contribution < -0.4 is 4.90 Å². The lowest BCUT2D eigenvalue weighted by Gasteiger charge is -2.34. The van der Waals surface area contributed by atoms with Crippen LogP contribution in [-0.4, -0.2) is 4.57 Å². The van der Waals surface area contributed by atoms with Crippen molar-refractivity contribution in [3.8, 4) is 39.1 Å². The van der Waals surface area contributed by atoms with Crippen molar-refractivity contribution in [3.05, 3.63) is 217 Å². The molecule has 0 fully saturated rings. The molecule has 0 spiro atoms. The van der Waals surface area contributed by atoms with E-state index in [0.29, 0.717) is 0 Å². The molecule has 0 unspecified atom stereocenters. The lowest BCUT2D eigenvalue weighted by atomic mass is 9.89. The van der Waals surface area contributed by atoms with Gasteiger partial charge in [-0.1, -0.05) is 140 Å². The summed E-state index contributed by atoms with van der Waals surface area (Å²) in [5.74, 6) is 0. The fourth-order valence-corrected chi connectivity index (χ4v) is 8.77. The molecular formula is C53H36N2. The van der Waals surface area contributed by atoms with Gasteiger partial charge in [-0.3, -0.25) is 0 Å². The first kappa shape index (κ1) is 31.4. The third kappa shape index (κ3) is 5.26. The van der Waals surface area contributed by atoms with Gasteiger partial charge in [0.05, 0.1) is 11.0 Å². The Kier molecular flexibility index (Phi) is 7.28. The third-order valence-electron chi connectivity index (χ3n) is 11.4. The van der Waals surface area contributed by atoms with Crippen molar-refractivity contribution < 1.29 is 0 Å². The Bertz CT molecular complexity index is 3040. The van der Waals surface area contributed by atoms with Crippen LogP contribution in [0.5, 0.6) is 0 Å². The van der Waals surface area contributed by atoms with E-state index in [2.05, 4.69) is 216 Å². The molecular weight excluding hydrogens is 665 g/mol. The van der Waals surface area contributed by atoms with Crippen molar-refractivity contribution in [3.63, 3.8) is 0 Å². The molecule has 0 N–H and O–H groups in total. The average molecular weight is 701 g/mol. The molecule has 9 aromatic carbocycles. The molecule has 0 atom stereocenters. The van der Waals surface area contributed by atoms with E-state index in [1.807, 2.05) is 0 Å². The quantitative estimate of drug-likeness (QED) is 0.174. The summed E-state index contributed by atoms with van der Waals surface area (Å²) in [5, 5.41) is 5.08. The SMILES string of the molecule is c1ccc(-c2ccc3c(c2)c2ccccc2n3-c2ccc(-c3ccc4c(c3)Cc3cc(-c5cccc6ccccc56)ccc3N4c3ccccc3)cc2)cc1. The first-order chi connectivity index (χ1) is 27.3. The average Bonchev–Trinajstić information content (AvgIpc) is 3.59. The molecule has 0 saturated heterocycles. The molecule has 1 aliphatic rings. The van der Waals surface area contributed by atoms with E-state index in [4.69, 9.17) is 0 Å². The van der Waals surface area contributed by atoms with E-state index < -0.39 is 0 Å². The van der Waals surface area contributed by atoms with Crippen molar-refractivity contribution in [2.24, 2.45) is 0 Å². The van der Waals surface area contributed by atoms with Crippen LogP contribution in [0, 0.1) is 0 Å². The number of nitrogens with zero attached hydrogens (tertiary/aromatic N) is 2. The molecule has 0 radical (unpaired) electrons. The van der Waals surface area contributed by atoms with Crippen molar-refractivity contribution >= 4 is 49.6 Å². The summed E-state index contributed by atoms with van der Waals surface area (Å²) >= 11 is 0. The molecule has 1 aromatic heterocycles. The van der Waals surface area contributed by atoms with Crippen LogP contribution in [0.3, 0.4) is 0 Å². The Morgan fingerprint density at radius 1 is 0.327 bits per heavy atom. The fourth-order valence-electron chi connectivity index (χ4n) is 8.77. The van der Waals surface area contributed by atoms with Crippen molar-refractivity contribution in [2.45, 2.75) is 6.42 Å². The van der Waals surface area contributed by atoms with Crippen LogP contribution in [0.2, 0.25) is 0 Å². The van der Waals surface area contributed by atoms with Gasteiger partial charge in [0, 0.05) is 39.9 Å². The largest absolute Gasteiger partial charge is 0.310 e. The first-order valence-electron chi connectivity index (χ1n) is 19.1. The van der Waals surface area contributed by atoms with E-state index in [-0.39, 0.29) is 0 Å². The summed E-state index contributed by atoms with van der Waals surface area (Å²) in [5.41, 5.74) is 17.3. The molecule has 10 aromatic rings. The van der Waals surface area contributed by atoms with Crippen molar-refractivity contribution in [2.75, 3.05) is 4.90 Å². The second-order valence-electron chi connectivity index (χ2n) is 14.6. The maximum atomic E-state index is 2.43. The first-order valence-corrected chi connectivity index (χ1v) is 19.1. The summed E-state index contributed by atoms with van der Waals surface area (Å²) in [4.78, 5) is 2.43. The van der Waals surface area contributed by atoms with E-state index >= 15 is 0 Å². The van der Waals surface area contributed by atoms with E-state index in [1.165, 1.54) is 94.1 Å². The molecule has 2 heterocycles. The van der Waals surface area contributed by atoms with E-state index in [9.17, 15) is 0 Å². The highest BCUT2D eigenvalue weighted by Crippen LogP contribution is 2.46. The molecule has 0 bridgehead atoms. The fraction of sp³-hybridized carbons (Fsp3) is 0.0189. The number of fused-ring (bicyclic) bond motifs is 6. The van der Waals surface area contributed by atoms with Crippen LogP contribution in [0.25, 0.3) is 71.6 Å². The highest BCUT2D eigenvalue weighted by Gasteiger charge is 2.25. The third-order valence-corrected chi connectivity index (χ3v) is 11.4. The normalized spacial score (nSPS) is 12.3. The molecule has 2 heteroatoms. The Hall–Kier alpha value is -7.16. The van der Waals surface area contributed by atoms with E-state index in [1.54, 1.807) is 0 Å². The van der Waals surface area contributed by atoms with Crippen LogP contribution >= 0.6 is 0 Å². The molecule has 0 aliphatic carbocycles. The Morgan fingerprint density at radius 3 is 1.69 bits per heavy atom. The standard InChI is InChI=1S/C53H36N2/c1-3-12-36(13-4-1)40-25-31-53-49(35-40)48-19-9-10-21-52(48)55(53)45-27-22-37(23-28-45)39-24-29-50-42(32-39)34-43-33-41(47-20-11-15-38-14-7-8-18-46(38)47)26-30-51(43)54(50)44-16-5-2-6-17-44/h1-33,35H,34H2. The van der Waals surface area contributed by atoms with Crippen LogP contribution in [0.4, 0.5) is 17.1 Å². The van der Waals surface area contributed by atoms with Crippen molar-refractivity contribution in [1.82, 2.24) is 4.57 Å². The number of hydrogen-bond acceptors (Lipinski definition) is 1. The minimum Gasteiger partial charge on any atom is -0.310 e. The van der Waals surface area contributed by atoms with Gasteiger partial charge < -0.3 is 9.47 Å². The smallest absolute Gasteiger partial charge is 0.0541 e. The zero-order valence-corrected chi connectivity index (χ0v) is 30.2. The van der Waals surface area contributed by atoms with Gasteiger partial charge in [0.1, 0.15) is 0 Å². The van der Waals surface area contributed by atoms with Gasteiger partial charge in [-0.2, -0.15) is 0 Å². The zero-order chi connectivity index (χ0) is 36.3. The molecule has 0 saturated carbocycles. The second-order valence-corrected chi connectivity index (χ2v) is 14.6. The van der Waals surface area contributed by atoms with Crippen molar-refractivity contribution in [1.29, 1.82) is 0 Å². The number of anilines is 3. The highest BCUT2D eigenvalue weighted by molar-refractivity contribution is 6.10. The van der Waals surface area contributed by atoms with Gasteiger partial charge in [0.15, 0.2) is 0 Å². The number of benzene rings is 9. The predicted octanol–water partition coefficient (Wildman–Crippen LogP) is 14.3. The minimum absolute atomic E-state index is 0.866. The Balaban J connectivity index is 0.984. The number of aromatic nitrogens is 1. The summed E-state index contributed by atoms with van der Waals surface area (Å²) in [6.07, 6.45) is 0.866. The van der Waals surface area contributed by atoms with Gasteiger partial charge in [-0.05, 0) is 122 Å². The lowest BCUT2D eigenvalue weighted by molar-refractivity contribution is 1.09. The number of rotatable bonds is 5. The zero-order valence-electron chi connectivity index (χ0n) is 30.2. The second kappa shape index (κ2) is 12.8. The van der Waals surface area contributed by atoms with Gasteiger partial charge in [-0.25, -0.2) is 0 Å². The Morgan fingerprint density at radius 2 is 0.891 bits per heavy atom. The lowest BCUT2D eigenvalue weighted by Crippen LogP contribution is -2.18. The number of hydrogen-bond donors (Lipinski definition) is 0. The highest BCUT2D eigenvalue weighted by atomic mass is 15.2. The summed E-state index contributed by atoms with van der Waals surface area (Å²) < 4.78 is 2.40. The number of para-hydroxylation sites is 2. The monoisotopic (exact) mass is 700 g/mol. The predicted molar refractivity (Wildman–Crippen MR) is 232 cm³/mol. The summed E-state index contributed by atoms with van der Waals surface area (Å²) in [7, 11) is 0. The summed E-state index contributed by atoms with van der Waals surface area (Å²) in [6.45, 7) is 0. The van der Waals surface area contributed by atoms with Gasteiger partial charge in [-0.15, -0.1) is 0 Å².